The van der Waals surface area contributed by atoms with E-state index in [1.165, 1.54) is 15.6 Å². The summed E-state index contributed by atoms with van der Waals surface area (Å²) < 4.78 is 7.02. The molecule has 0 saturated carbocycles. The van der Waals surface area contributed by atoms with Gasteiger partial charge in [-0.25, -0.2) is 0 Å². The molecule has 1 nitrogen and oxygen atoms in total. The topological polar surface area (TPSA) is 9.23 Å². The molecule has 0 amide bonds. The number of rotatable bonds is 0. The Bertz CT molecular complexity index is 525. The Balaban J connectivity index is 0.000000963. The van der Waals surface area contributed by atoms with Crippen LogP contribution < -0.4 is 9.16 Å². The summed E-state index contributed by atoms with van der Waals surface area (Å²) in [5, 5.41) is 0. The molecule has 2 aromatic rings. The van der Waals surface area contributed by atoms with Crippen molar-refractivity contribution in [1.82, 2.24) is 0 Å². The van der Waals surface area contributed by atoms with Crippen LogP contribution >= 0.6 is 0 Å². The van der Waals surface area contributed by atoms with Gasteiger partial charge in [0.05, 0.1) is 0 Å². The SMILES string of the molecule is [AlH3].[Cr][c]1cccc2c1Cc1ccccc1O2. The molecule has 0 atom stereocenters. The third kappa shape index (κ3) is 1.93. The van der Waals surface area contributed by atoms with E-state index in [1.54, 1.807) is 0 Å². The van der Waals surface area contributed by atoms with E-state index in [2.05, 4.69) is 34.5 Å². The van der Waals surface area contributed by atoms with Crippen molar-refractivity contribution in [1.29, 1.82) is 0 Å². The molecule has 1 aliphatic rings. The molecule has 0 unspecified atom stereocenters. The number of fused-ring (bicyclic) bond motifs is 2. The molecule has 2 aromatic carbocycles. The molecule has 0 radical (unpaired) electrons. The minimum absolute atomic E-state index is 0. The predicted molar refractivity (Wildman–Crippen MR) is 65.3 cm³/mol. The van der Waals surface area contributed by atoms with Crippen molar-refractivity contribution in [2.75, 3.05) is 0 Å². The molecule has 16 heavy (non-hydrogen) atoms. The molecule has 3 rings (SSSR count). The van der Waals surface area contributed by atoms with Crippen LogP contribution in [0.2, 0.25) is 0 Å². The van der Waals surface area contributed by atoms with Crippen molar-refractivity contribution >= 4 is 21.8 Å². The monoisotopic (exact) mass is 263 g/mol. The predicted octanol–water partition coefficient (Wildman–Crippen LogP) is 1.37. The summed E-state index contributed by atoms with van der Waals surface area (Å²) in [6.45, 7) is 0. The van der Waals surface area contributed by atoms with Gasteiger partial charge in [0.1, 0.15) is 0 Å². The quantitative estimate of drug-likeness (QED) is 0.557. The summed E-state index contributed by atoms with van der Waals surface area (Å²) in [4.78, 5) is 0. The van der Waals surface area contributed by atoms with E-state index < -0.39 is 0 Å². The second-order valence-electron chi connectivity index (χ2n) is 3.62. The van der Waals surface area contributed by atoms with Gasteiger partial charge in [-0.1, -0.05) is 0 Å². The van der Waals surface area contributed by atoms with E-state index in [-0.39, 0.29) is 17.4 Å². The summed E-state index contributed by atoms with van der Waals surface area (Å²) in [5.74, 6) is 1.96. The molecule has 0 N–H and O–H groups in total. The van der Waals surface area contributed by atoms with Gasteiger partial charge in [-0.3, -0.25) is 0 Å². The second-order valence-corrected chi connectivity index (χ2v) is 4.31. The van der Waals surface area contributed by atoms with Gasteiger partial charge in [0.2, 0.25) is 0 Å². The summed E-state index contributed by atoms with van der Waals surface area (Å²) in [6.07, 6.45) is 0.953. The van der Waals surface area contributed by atoms with Gasteiger partial charge in [0.15, 0.2) is 17.4 Å². The average molecular weight is 263 g/mol. The summed E-state index contributed by atoms with van der Waals surface area (Å²) >= 11 is 3.08. The normalized spacial score (nSPS) is 11.8. The van der Waals surface area contributed by atoms with Crippen LogP contribution in [0.25, 0.3) is 0 Å². The molecule has 0 bridgehead atoms. The number of ether oxygens (including phenoxy) is 1. The number of hydrogen-bond donors (Lipinski definition) is 0. The fourth-order valence-electron chi connectivity index (χ4n) is 1.87. The van der Waals surface area contributed by atoms with Crippen LogP contribution in [0, 0.1) is 0 Å². The van der Waals surface area contributed by atoms with Gasteiger partial charge >= 0.3 is 97.0 Å². The van der Waals surface area contributed by atoms with Crippen molar-refractivity contribution in [3.05, 3.63) is 53.6 Å². The van der Waals surface area contributed by atoms with Gasteiger partial charge in [-0.2, -0.15) is 0 Å². The molecule has 0 spiro atoms. The first-order valence-electron chi connectivity index (χ1n) is 4.89. The summed E-state index contributed by atoms with van der Waals surface area (Å²) in [6, 6.07) is 14.3. The Morgan fingerprint density at radius 1 is 0.938 bits per heavy atom. The Morgan fingerprint density at radius 3 is 2.56 bits per heavy atom. The Labute approximate surface area is 114 Å². The molecule has 0 fully saturated rings. The van der Waals surface area contributed by atoms with Crippen molar-refractivity contribution in [3.8, 4) is 11.5 Å². The van der Waals surface area contributed by atoms with E-state index in [4.69, 9.17) is 4.74 Å². The molecule has 0 saturated heterocycles. The van der Waals surface area contributed by atoms with E-state index in [1.807, 2.05) is 24.3 Å². The molecule has 0 aromatic heterocycles. The standard InChI is InChI=1S/C13H9O.Al.Cr.3H/c1-3-7-12-10(5-1)9-11-6-2-4-8-13(11)14-12;;;;;/h1-5,7-8H,9H2;;;;;. The van der Waals surface area contributed by atoms with Gasteiger partial charge in [-0.15, -0.1) is 0 Å². The van der Waals surface area contributed by atoms with Crippen LogP contribution in [0.5, 0.6) is 11.5 Å². The van der Waals surface area contributed by atoms with Crippen LogP contribution in [-0.4, -0.2) is 17.4 Å². The first kappa shape index (κ1) is 11.8. The van der Waals surface area contributed by atoms with Crippen molar-refractivity contribution < 1.29 is 21.0 Å². The minimum atomic E-state index is 0. The van der Waals surface area contributed by atoms with Crippen molar-refractivity contribution in [2.45, 2.75) is 6.42 Å². The van der Waals surface area contributed by atoms with Crippen LogP contribution in [-0.2, 0) is 22.7 Å². The zero-order valence-corrected chi connectivity index (χ0v) is 9.34. The van der Waals surface area contributed by atoms with Crippen LogP contribution in [0.15, 0.2) is 42.5 Å². The number of hydrogen-bond acceptors (Lipinski definition) is 1. The zero-order valence-electron chi connectivity index (χ0n) is 8.07. The second kappa shape index (κ2) is 4.66. The van der Waals surface area contributed by atoms with Crippen LogP contribution in [0.1, 0.15) is 11.1 Å². The Hall–Kier alpha value is -0.695. The third-order valence-corrected chi connectivity index (χ3v) is 3.25. The fourth-order valence-corrected chi connectivity index (χ4v) is 2.27. The third-order valence-electron chi connectivity index (χ3n) is 2.65. The molecule has 1 heterocycles. The Morgan fingerprint density at radius 2 is 1.69 bits per heavy atom. The molecule has 0 aliphatic carbocycles. The van der Waals surface area contributed by atoms with Crippen molar-refractivity contribution in [2.24, 2.45) is 0 Å². The molecule has 79 valence electrons. The summed E-state index contributed by atoms with van der Waals surface area (Å²) in [5.41, 5.74) is 2.52. The average Bonchev–Trinajstić information content (AvgIpc) is 2.27. The Kier molecular flexibility index (Phi) is 3.43. The number of benzene rings is 2. The molecular formula is C13H12AlCrO. The molecule has 1 aliphatic heterocycles. The zero-order chi connectivity index (χ0) is 10.3. The summed E-state index contributed by atoms with van der Waals surface area (Å²) in [7, 11) is 0. The first-order valence-corrected chi connectivity index (χ1v) is 5.53. The van der Waals surface area contributed by atoms with E-state index in [9.17, 15) is 0 Å². The van der Waals surface area contributed by atoms with E-state index in [0.29, 0.717) is 0 Å². The fraction of sp³-hybridized carbons (Fsp3) is 0.0769. The van der Waals surface area contributed by atoms with E-state index in [0.717, 1.165) is 17.9 Å². The molecular weight excluding hydrogens is 251 g/mol. The number of para-hydroxylation sites is 1. The van der Waals surface area contributed by atoms with Gasteiger partial charge in [0.25, 0.3) is 0 Å². The first-order chi connectivity index (χ1) is 7.34. The van der Waals surface area contributed by atoms with Gasteiger partial charge in [0, 0.05) is 0 Å². The van der Waals surface area contributed by atoms with E-state index >= 15 is 0 Å². The van der Waals surface area contributed by atoms with Crippen LogP contribution in [0.3, 0.4) is 0 Å². The van der Waals surface area contributed by atoms with Crippen LogP contribution in [0.4, 0.5) is 0 Å². The maximum atomic E-state index is 5.84. The maximum absolute atomic E-state index is 5.84. The molecule has 3 heteroatoms. The van der Waals surface area contributed by atoms with Gasteiger partial charge < -0.3 is 0 Å². The van der Waals surface area contributed by atoms with Crippen molar-refractivity contribution in [3.63, 3.8) is 0 Å². The van der Waals surface area contributed by atoms with Gasteiger partial charge in [-0.05, 0) is 0 Å².